The Morgan fingerprint density at radius 2 is 1.70 bits per heavy atom. The van der Waals surface area contributed by atoms with E-state index in [0.29, 0.717) is 18.8 Å². The molecule has 1 aliphatic heterocycles. The monoisotopic (exact) mass is 274 g/mol. The normalized spacial score (nSPS) is 20.9. The fourth-order valence-electron chi connectivity index (χ4n) is 2.42. The summed E-state index contributed by atoms with van der Waals surface area (Å²) in [5, 5.41) is 5.66. The van der Waals surface area contributed by atoms with Crippen LogP contribution in [0.15, 0.2) is 24.3 Å². The molecule has 2 N–H and O–H groups in total. The van der Waals surface area contributed by atoms with E-state index in [2.05, 4.69) is 48.7 Å². The van der Waals surface area contributed by atoms with E-state index >= 15 is 0 Å². The van der Waals surface area contributed by atoms with Crippen LogP contribution in [-0.4, -0.2) is 17.9 Å². The number of piperidine rings is 1. The van der Waals surface area contributed by atoms with Crippen LogP contribution < -0.4 is 10.6 Å². The second kappa shape index (κ2) is 6.18. The summed E-state index contributed by atoms with van der Waals surface area (Å²) in [6, 6.07) is 8.25. The highest BCUT2D eigenvalue weighted by atomic mass is 16.2. The van der Waals surface area contributed by atoms with Gasteiger partial charge in [-0.15, -0.1) is 0 Å². The molecule has 1 aromatic carbocycles. The van der Waals surface area contributed by atoms with Crippen LogP contribution in [0.5, 0.6) is 0 Å². The van der Waals surface area contributed by atoms with Gasteiger partial charge in [-0.2, -0.15) is 0 Å². The fraction of sp³-hybridized carbons (Fsp3) is 0.500. The molecule has 1 aromatic rings. The van der Waals surface area contributed by atoms with E-state index < -0.39 is 0 Å². The molecule has 1 aliphatic rings. The molecule has 0 spiro atoms. The highest BCUT2D eigenvalue weighted by Crippen LogP contribution is 2.19. The summed E-state index contributed by atoms with van der Waals surface area (Å²) in [6.07, 6.45) is 0.974. The summed E-state index contributed by atoms with van der Waals surface area (Å²) in [5.41, 5.74) is 2.46. The summed E-state index contributed by atoms with van der Waals surface area (Å²) in [5.74, 6) is 0.122. The summed E-state index contributed by atoms with van der Waals surface area (Å²) in [4.78, 5) is 22.8. The molecule has 2 unspecified atom stereocenters. The van der Waals surface area contributed by atoms with Crippen molar-refractivity contribution in [2.75, 3.05) is 0 Å². The largest absolute Gasteiger partial charge is 0.299 e. The Bertz CT molecular complexity index is 494. The van der Waals surface area contributed by atoms with Crippen LogP contribution in [0.3, 0.4) is 0 Å². The lowest BCUT2D eigenvalue weighted by Gasteiger charge is -2.25. The molecule has 20 heavy (non-hydrogen) atoms. The van der Waals surface area contributed by atoms with Gasteiger partial charge in [0.15, 0.2) is 0 Å². The lowest BCUT2D eigenvalue weighted by atomic mass is 9.98. The van der Waals surface area contributed by atoms with Gasteiger partial charge in [0.05, 0.1) is 6.04 Å². The molecule has 2 atom stereocenters. The molecule has 2 amide bonds. The third-order valence-electron chi connectivity index (χ3n) is 3.79. The zero-order chi connectivity index (χ0) is 14.7. The average molecular weight is 274 g/mol. The Hall–Kier alpha value is -1.68. The molecule has 0 radical (unpaired) electrons. The fourth-order valence-corrected chi connectivity index (χ4v) is 2.42. The van der Waals surface area contributed by atoms with Crippen molar-refractivity contribution in [2.45, 2.75) is 51.6 Å². The maximum Gasteiger partial charge on any atom is 0.243 e. The summed E-state index contributed by atoms with van der Waals surface area (Å²) in [6.45, 7) is 6.37. The average Bonchev–Trinajstić information content (AvgIpc) is 2.42. The summed E-state index contributed by atoms with van der Waals surface area (Å²) < 4.78 is 0. The van der Waals surface area contributed by atoms with Crippen molar-refractivity contribution in [3.8, 4) is 0 Å². The Morgan fingerprint density at radius 3 is 2.25 bits per heavy atom. The van der Waals surface area contributed by atoms with E-state index in [1.807, 2.05) is 6.92 Å². The van der Waals surface area contributed by atoms with Crippen molar-refractivity contribution in [2.24, 2.45) is 0 Å². The SMILES string of the molecule is CC(C)c1ccc(C(C)NC2CCC(=O)NC2=O)cc1. The van der Waals surface area contributed by atoms with Gasteiger partial charge in [-0.3, -0.25) is 20.2 Å². The molecule has 1 saturated heterocycles. The van der Waals surface area contributed by atoms with E-state index in [1.54, 1.807) is 0 Å². The molecule has 1 heterocycles. The van der Waals surface area contributed by atoms with Gasteiger partial charge in [0.25, 0.3) is 0 Å². The minimum absolute atomic E-state index is 0.0835. The molecule has 1 fully saturated rings. The van der Waals surface area contributed by atoms with Crippen LogP contribution in [0.1, 0.15) is 56.7 Å². The van der Waals surface area contributed by atoms with E-state index in [-0.39, 0.29) is 23.9 Å². The van der Waals surface area contributed by atoms with E-state index in [9.17, 15) is 9.59 Å². The first kappa shape index (κ1) is 14.7. The smallest absolute Gasteiger partial charge is 0.243 e. The van der Waals surface area contributed by atoms with Gasteiger partial charge in [-0.25, -0.2) is 0 Å². The quantitative estimate of drug-likeness (QED) is 0.828. The molecule has 0 saturated carbocycles. The third-order valence-corrected chi connectivity index (χ3v) is 3.79. The van der Waals surface area contributed by atoms with Crippen molar-refractivity contribution >= 4 is 11.8 Å². The Kier molecular flexibility index (Phi) is 4.55. The second-order valence-electron chi connectivity index (χ2n) is 5.71. The van der Waals surface area contributed by atoms with Crippen LogP contribution in [0.2, 0.25) is 0 Å². The number of carbonyl (C=O) groups is 2. The minimum Gasteiger partial charge on any atom is -0.299 e. The number of amides is 2. The number of benzene rings is 1. The van der Waals surface area contributed by atoms with E-state index in [1.165, 1.54) is 5.56 Å². The van der Waals surface area contributed by atoms with Crippen LogP contribution in [0, 0.1) is 0 Å². The Morgan fingerprint density at radius 1 is 1.10 bits per heavy atom. The summed E-state index contributed by atoms with van der Waals surface area (Å²) >= 11 is 0. The van der Waals surface area contributed by atoms with E-state index in [0.717, 1.165) is 5.56 Å². The number of hydrogen-bond acceptors (Lipinski definition) is 3. The van der Waals surface area contributed by atoms with Crippen molar-refractivity contribution in [3.05, 3.63) is 35.4 Å². The molecular weight excluding hydrogens is 252 g/mol. The molecule has 108 valence electrons. The molecule has 0 bridgehead atoms. The zero-order valence-corrected chi connectivity index (χ0v) is 12.3. The highest BCUT2D eigenvalue weighted by Gasteiger charge is 2.27. The predicted octanol–water partition coefficient (Wildman–Crippen LogP) is 2.27. The van der Waals surface area contributed by atoms with Gasteiger partial charge in [0.1, 0.15) is 0 Å². The molecule has 0 aromatic heterocycles. The van der Waals surface area contributed by atoms with Crippen molar-refractivity contribution in [3.63, 3.8) is 0 Å². The number of nitrogens with one attached hydrogen (secondary N) is 2. The van der Waals surface area contributed by atoms with Gasteiger partial charge in [0, 0.05) is 12.5 Å². The first-order valence-corrected chi connectivity index (χ1v) is 7.17. The predicted molar refractivity (Wildman–Crippen MR) is 78.3 cm³/mol. The van der Waals surface area contributed by atoms with Gasteiger partial charge >= 0.3 is 0 Å². The van der Waals surface area contributed by atoms with Gasteiger partial charge in [-0.05, 0) is 30.4 Å². The Labute approximate surface area is 119 Å². The Balaban J connectivity index is 1.99. The number of carbonyl (C=O) groups excluding carboxylic acids is 2. The lowest BCUT2D eigenvalue weighted by Crippen LogP contribution is -2.51. The maximum atomic E-state index is 11.7. The lowest BCUT2D eigenvalue weighted by molar-refractivity contribution is -0.134. The number of imide groups is 1. The number of rotatable bonds is 4. The van der Waals surface area contributed by atoms with Crippen LogP contribution >= 0.6 is 0 Å². The summed E-state index contributed by atoms with van der Waals surface area (Å²) in [7, 11) is 0. The molecule has 4 nitrogen and oxygen atoms in total. The van der Waals surface area contributed by atoms with Gasteiger partial charge in [0.2, 0.25) is 11.8 Å². The van der Waals surface area contributed by atoms with Gasteiger partial charge in [-0.1, -0.05) is 38.1 Å². The first-order chi connectivity index (χ1) is 9.47. The zero-order valence-electron chi connectivity index (χ0n) is 12.3. The molecule has 4 heteroatoms. The first-order valence-electron chi connectivity index (χ1n) is 7.17. The van der Waals surface area contributed by atoms with Crippen molar-refractivity contribution in [1.82, 2.24) is 10.6 Å². The minimum atomic E-state index is -0.285. The maximum absolute atomic E-state index is 11.7. The van der Waals surface area contributed by atoms with Crippen molar-refractivity contribution in [1.29, 1.82) is 0 Å². The second-order valence-corrected chi connectivity index (χ2v) is 5.71. The number of hydrogen-bond donors (Lipinski definition) is 2. The van der Waals surface area contributed by atoms with Crippen LogP contribution in [0.25, 0.3) is 0 Å². The molecule has 2 rings (SSSR count). The standard InChI is InChI=1S/C16H22N2O2/c1-10(2)12-4-6-13(7-5-12)11(3)17-14-8-9-15(19)18-16(14)20/h4-7,10-11,14,17H,8-9H2,1-3H3,(H,18,19,20). The van der Waals surface area contributed by atoms with Crippen LogP contribution in [-0.2, 0) is 9.59 Å². The van der Waals surface area contributed by atoms with Crippen LogP contribution in [0.4, 0.5) is 0 Å². The molecule has 0 aliphatic carbocycles. The van der Waals surface area contributed by atoms with E-state index in [4.69, 9.17) is 0 Å². The highest BCUT2D eigenvalue weighted by molar-refractivity contribution is 6.00. The topological polar surface area (TPSA) is 58.2 Å². The molecular formula is C16H22N2O2. The van der Waals surface area contributed by atoms with Crippen molar-refractivity contribution < 1.29 is 9.59 Å². The third kappa shape index (κ3) is 3.45. The van der Waals surface area contributed by atoms with Gasteiger partial charge < -0.3 is 0 Å².